The number of benzene rings is 1. The van der Waals surface area contributed by atoms with Gasteiger partial charge in [0.25, 0.3) is 0 Å². The first kappa shape index (κ1) is 14.1. The van der Waals surface area contributed by atoms with E-state index in [0.717, 1.165) is 38.8 Å². The zero-order valence-corrected chi connectivity index (χ0v) is 11.7. The van der Waals surface area contributed by atoms with Crippen molar-refractivity contribution >= 4 is 5.91 Å². The van der Waals surface area contributed by atoms with Crippen LogP contribution in [-0.2, 0) is 17.8 Å². The Morgan fingerprint density at radius 3 is 2.68 bits per heavy atom. The highest BCUT2D eigenvalue weighted by Gasteiger charge is 2.22. The molecule has 3 heteroatoms. The molecule has 0 unspecified atom stereocenters. The van der Waals surface area contributed by atoms with Crippen LogP contribution in [0.15, 0.2) is 24.3 Å². The van der Waals surface area contributed by atoms with Crippen molar-refractivity contribution in [3.63, 3.8) is 0 Å². The van der Waals surface area contributed by atoms with Gasteiger partial charge in [-0.1, -0.05) is 31.2 Å². The molecule has 0 radical (unpaired) electrons. The van der Waals surface area contributed by atoms with Crippen molar-refractivity contribution in [2.24, 2.45) is 0 Å². The van der Waals surface area contributed by atoms with Crippen LogP contribution in [0.1, 0.15) is 43.7 Å². The summed E-state index contributed by atoms with van der Waals surface area (Å²) in [5, 5.41) is 6.43. The van der Waals surface area contributed by atoms with Crippen LogP contribution in [0.5, 0.6) is 0 Å². The topological polar surface area (TPSA) is 41.1 Å². The van der Waals surface area contributed by atoms with Crippen molar-refractivity contribution in [3.05, 3.63) is 35.4 Å². The van der Waals surface area contributed by atoms with Crippen LogP contribution < -0.4 is 10.6 Å². The van der Waals surface area contributed by atoms with Crippen LogP contribution >= 0.6 is 0 Å². The SMILES string of the molecule is CCc1ccccc1CNCCCC(=O)NC1CC1. The van der Waals surface area contributed by atoms with E-state index in [1.807, 2.05) is 0 Å². The van der Waals surface area contributed by atoms with E-state index in [9.17, 15) is 4.79 Å². The van der Waals surface area contributed by atoms with Gasteiger partial charge < -0.3 is 10.6 Å². The molecule has 2 rings (SSSR count). The van der Waals surface area contributed by atoms with Gasteiger partial charge in [-0.2, -0.15) is 0 Å². The average Bonchev–Trinajstić information content (AvgIpc) is 3.22. The van der Waals surface area contributed by atoms with Crippen LogP contribution in [0.4, 0.5) is 0 Å². The third-order valence-electron chi connectivity index (χ3n) is 3.51. The summed E-state index contributed by atoms with van der Waals surface area (Å²) in [4.78, 5) is 11.5. The maximum Gasteiger partial charge on any atom is 0.220 e. The van der Waals surface area contributed by atoms with Gasteiger partial charge >= 0.3 is 0 Å². The molecule has 3 nitrogen and oxygen atoms in total. The maximum absolute atomic E-state index is 11.5. The van der Waals surface area contributed by atoms with Crippen LogP contribution in [0.25, 0.3) is 0 Å². The highest BCUT2D eigenvalue weighted by atomic mass is 16.1. The number of amides is 1. The summed E-state index contributed by atoms with van der Waals surface area (Å²) in [5.74, 6) is 0.207. The molecule has 0 bridgehead atoms. The normalized spacial score (nSPS) is 14.4. The lowest BCUT2D eigenvalue weighted by Crippen LogP contribution is -2.26. The summed E-state index contributed by atoms with van der Waals surface area (Å²) in [6.45, 7) is 3.98. The predicted octanol–water partition coefficient (Wildman–Crippen LogP) is 2.40. The van der Waals surface area contributed by atoms with E-state index in [1.54, 1.807) is 0 Å². The van der Waals surface area contributed by atoms with Gasteiger partial charge in [0, 0.05) is 19.0 Å². The van der Waals surface area contributed by atoms with Crippen molar-refractivity contribution < 1.29 is 4.79 Å². The third-order valence-corrected chi connectivity index (χ3v) is 3.51. The quantitative estimate of drug-likeness (QED) is 0.705. The van der Waals surface area contributed by atoms with Crippen LogP contribution in [-0.4, -0.2) is 18.5 Å². The largest absolute Gasteiger partial charge is 0.353 e. The lowest BCUT2D eigenvalue weighted by Gasteiger charge is -2.09. The van der Waals surface area contributed by atoms with Crippen LogP contribution in [0.2, 0.25) is 0 Å². The van der Waals surface area contributed by atoms with E-state index in [-0.39, 0.29) is 5.91 Å². The number of carbonyl (C=O) groups excluding carboxylic acids is 1. The maximum atomic E-state index is 11.5. The van der Waals surface area contributed by atoms with Crippen LogP contribution in [0, 0.1) is 0 Å². The number of rotatable bonds is 8. The monoisotopic (exact) mass is 260 g/mol. The Balaban J connectivity index is 1.59. The molecule has 1 fully saturated rings. The second kappa shape index (κ2) is 7.29. The minimum absolute atomic E-state index is 0.207. The molecule has 1 aliphatic carbocycles. The Hall–Kier alpha value is -1.35. The Labute approximate surface area is 115 Å². The Kier molecular flexibility index (Phi) is 5.40. The second-order valence-electron chi connectivity index (χ2n) is 5.24. The summed E-state index contributed by atoms with van der Waals surface area (Å²) in [6, 6.07) is 9.01. The molecule has 0 spiro atoms. The summed E-state index contributed by atoms with van der Waals surface area (Å²) in [6.07, 6.45) is 4.95. The predicted molar refractivity (Wildman–Crippen MR) is 77.9 cm³/mol. The highest BCUT2D eigenvalue weighted by molar-refractivity contribution is 5.76. The molecule has 0 aliphatic heterocycles. The molecule has 1 aromatic carbocycles. The molecular formula is C16H24N2O. The smallest absolute Gasteiger partial charge is 0.220 e. The van der Waals surface area contributed by atoms with Gasteiger partial charge in [-0.15, -0.1) is 0 Å². The minimum Gasteiger partial charge on any atom is -0.353 e. The first-order chi connectivity index (χ1) is 9.29. The second-order valence-corrected chi connectivity index (χ2v) is 5.24. The molecule has 0 atom stereocenters. The van der Waals surface area contributed by atoms with Gasteiger partial charge in [-0.3, -0.25) is 4.79 Å². The van der Waals surface area contributed by atoms with Crippen molar-refractivity contribution in [3.8, 4) is 0 Å². The summed E-state index contributed by atoms with van der Waals surface area (Å²) >= 11 is 0. The van der Waals surface area contributed by atoms with Crippen LogP contribution in [0.3, 0.4) is 0 Å². The molecular weight excluding hydrogens is 236 g/mol. The zero-order valence-electron chi connectivity index (χ0n) is 11.7. The molecule has 0 saturated heterocycles. The molecule has 19 heavy (non-hydrogen) atoms. The molecule has 1 aliphatic rings. The van der Waals surface area contributed by atoms with Gasteiger partial charge in [-0.05, 0) is 43.4 Å². The van der Waals surface area contributed by atoms with Gasteiger partial charge in [0.1, 0.15) is 0 Å². The van der Waals surface area contributed by atoms with Crippen molar-refractivity contribution in [2.75, 3.05) is 6.54 Å². The molecule has 1 amide bonds. The van der Waals surface area contributed by atoms with E-state index in [4.69, 9.17) is 0 Å². The number of aryl methyl sites for hydroxylation is 1. The molecule has 1 aromatic rings. The molecule has 0 heterocycles. The highest BCUT2D eigenvalue weighted by Crippen LogP contribution is 2.18. The minimum atomic E-state index is 0.207. The van der Waals surface area contributed by atoms with Gasteiger partial charge in [0.15, 0.2) is 0 Å². The lowest BCUT2D eigenvalue weighted by atomic mass is 10.1. The standard InChI is InChI=1S/C16H24N2O/c1-2-13-6-3-4-7-14(13)12-17-11-5-8-16(19)18-15-9-10-15/h3-4,6-7,15,17H,2,5,8-12H2,1H3,(H,18,19). The van der Waals surface area contributed by atoms with E-state index in [2.05, 4.69) is 41.8 Å². The third kappa shape index (κ3) is 5.03. The summed E-state index contributed by atoms with van der Waals surface area (Å²) in [7, 11) is 0. The first-order valence-electron chi connectivity index (χ1n) is 7.36. The Morgan fingerprint density at radius 1 is 1.26 bits per heavy atom. The number of nitrogens with one attached hydrogen (secondary N) is 2. The van der Waals surface area contributed by atoms with E-state index in [1.165, 1.54) is 11.1 Å². The van der Waals surface area contributed by atoms with Crippen molar-refractivity contribution in [2.45, 2.75) is 51.6 Å². The summed E-state index contributed by atoms with van der Waals surface area (Å²) in [5.41, 5.74) is 2.77. The Morgan fingerprint density at radius 2 is 2.00 bits per heavy atom. The molecule has 104 valence electrons. The number of hydrogen-bond acceptors (Lipinski definition) is 2. The number of carbonyl (C=O) groups is 1. The zero-order chi connectivity index (χ0) is 13.5. The summed E-state index contributed by atoms with van der Waals surface area (Å²) < 4.78 is 0. The average molecular weight is 260 g/mol. The van der Waals surface area contributed by atoms with Gasteiger partial charge in [0.2, 0.25) is 5.91 Å². The van der Waals surface area contributed by atoms with E-state index >= 15 is 0 Å². The fourth-order valence-electron chi connectivity index (χ4n) is 2.20. The Bertz CT molecular complexity index is 413. The molecule has 0 aromatic heterocycles. The fourth-order valence-corrected chi connectivity index (χ4v) is 2.20. The molecule has 1 saturated carbocycles. The number of hydrogen-bond donors (Lipinski definition) is 2. The lowest BCUT2D eigenvalue weighted by molar-refractivity contribution is -0.121. The van der Waals surface area contributed by atoms with E-state index in [0.29, 0.717) is 12.5 Å². The van der Waals surface area contributed by atoms with Crippen molar-refractivity contribution in [1.29, 1.82) is 0 Å². The first-order valence-corrected chi connectivity index (χ1v) is 7.36. The fraction of sp³-hybridized carbons (Fsp3) is 0.562. The van der Waals surface area contributed by atoms with Crippen molar-refractivity contribution in [1.82, 2.24) is 10.6 Å². The molecule has 2 N–H and O–H groups in total. The van der Waals surface area contributed by atoms with E-state index < -0.39 is 0 Å². The van der Waals surface area contributed by atoms with Gasteiger partial charge in [-0.25, -0.2) is 0 Å². The van der Waals surface area contributed by atoms with Gasteiger partial charge in [0.05, 0.1) is 0 Å².